The molecule has 1 fully saturated rings. The Bertz CT molecular complexity index is 778. The minimum absolute atomic E-state index is 0.250. The van der Waals surface area contributed by atoms with Gasteiger partial charge in [0.2, 0.25) is 0 Å². The molecular formula is C20H23ClN2O4. The number of methoxy groups -OCH3 is 1. The zero-order chi connectivity index (χ0) is 19.1. The van der Waals surface area contributed by atoms with Crippen LogP contribution in [0.2, 0.25) is 5.02 Å². The number of halogens is 1. The third-order valence-electron chi connectivity index (χ3n) is 4.24. The first-order valence-electron chi connectivity index (χ1n) is 8.83. The molecule has 0 atom stereocenters. The molecule has 1 aliphatic rings. The number of para-hydroxylation sites is 1. The standard InChI is InChI=1S/C20H23ClN2O4/c1-25-12-13-27-19-5-3-2-4-16(19)20(24)22-17-14-15(21)6-7-18(17)23-8-10-26-11-9-23/h2-7,14H,8-13H2,1H3,(H,22,24). The molecule has 1 saturated heterocycles. The molecule has 144 valence electrons. The zero-order valence-electron chi connectivity index (χ0n) is 15.2. The third kappa shape index (κ3) is 5.13. The van der Waals surface area contributed by atoms with E-state index in [4.69, 9.17) is 25.8 Å². The lowest BCUT2D eigenvalue weighted by Crippen LogP contribution is -2.36. The van der Waals surface area contributed by atoms with Crippen molar-refractivity contribution < 1.29 is 19.0 Å². The van der Waals surface area contributed by atoms with Gasteiger partial charge >= 0.3 is 0 Å². The van der Waals surface area contributed by atoms with Gasteiger partial charge in [0, 0.05) is 25.2 Å². The lowest BCUT2D eigenvalue weighted by atomic mass is 10.1. The molecule has 1 heterocycles. The Morgan fingerprint density at radius 3 is 2.74 bits per heavy atom. The minimum atomic E-state index is -0.250. The van der Waals surface area contributed by atoms with Gasteiger partial charge in [-0.15, -0.1) is 0 Å². The Balaban J connectivity index is 1.81. The molecular weight excluding hydrogens is 368 g/mol. The summed E-state index contributed by atoms with van der Waals surface area (Å²) in [7, 11) is 1.61. The van der Waals surface area contributed by atoms with Crippen LogP contribution in [0.5, 0.6) is 5.75 Å². The smallest absolute Gasteiger partial charge is 0.259 e. The van der Waals surface area contributed by atoms with Crippen molar-refractivity contribution in [1.29, 1.82) is 0 Å². The van der Waals surface area contributed by atoms with E-state index in [1.165, 1.54) is 0 Å². The highest BCUT2D eigenvalue weighted by Crippen LogP contribution is 2.31. The largest absolute Gasteiger partial charge is 0.490 e. The zero-order valence-corrected chi connectivity index (χ0v) is 16.0. The van der Waals surface area contributed by atoms with Crippen molar-refractivity contribution in [3.05, 3.63) is 53.1 Å². The van der Waals surface area contributed by atoms with Gasteiger partial charge in [-0.1, -0.05) is 23.7 Å². The molecule has 0 unspecified atom stereocenters. The second-order valence-electron chi connectivity index (χ2n) is 6.05. The van der Waals surface area contributed by atoms with Gasteiger partial charge in [-0.25, -0.2) is 0 Å². The van der Waals surface area contributed by atoms with E-state index in [-0.39, 0.29) is 5.91 Å². The average Bonchev–Trinajstić information content (AvgIpc) is 2.69. The molecule has 2 aromatic rings. The molecule has 27 heavy (non-hydrogen) atoms. The molecule has 6 nitrogen and oxygen atoms in total. The normalized spacial score (nSPS) is 14.1. The van der Waals surface area contributed by atoms with Crippen molar-refractivity contribution in [2.75, 3.05) is 56.8 Å². The number of benzene rings is 2. The van der Waals surface area contributed by atoms with Crippen molar-refractivity contribution in [1.82, 2.24) is 0 Å². The summed E-state index contributed by atoms with van der Waals surface area (Å²) in [6.45, 7) is 3.67. The lowest BCUT2D eigenvalue weighted by molar-refractivity contribution is 0.101. The van der Waals surface area contributed by atoms with Crippen LogP contribution in [0, 0.1) is 0 Å². The lowest BCUT2D eigenvalue weighted by Gasteiger charge is -2.30. The van der Waals surface area contributed by atoms with Crippen LogP contribution in [0.3, 0.4) is 0 Å². The quantitative estimate of drug-likeness (QED) is 0.734. The van der Waals surface area contributed by atoms with Crippen LogP contribution < -0.4 is 15.0 Å². The summed E-state index contributed by atoms with van der Waals surface area (Å²) in [6, 6.07) is 12.6. The van der Waals surface area contributed by atoms with Gasteiger partial charge in [0.15, 0.2) is 0 Å². The summed E-state index contributed by atoms with van der Waals surface area (Å²) in [4.78, 5) is 15.1. The molecule has 0 spiro atoms. The molecule has 2 aromatic carbocycles. The van der Waals surface area contributed by atoms with E-state index in [1.54, 1.807) is 31.4 Å². The number of nitrogens with zero attached hydrogens (tertiary/aromatic N) is 1. The maximum absolute atomic E-state index is 12.9. The average molecular weight is 391 g/mol. The molecule has 0 bridgehead atoms. The Morgan fingerprint density at radius 1 is 1.19 bits per heavy atom. The maximum Gasteiger partial charge on any atom is 0.259 e. The van der Waals surface area contributed by atoms with E-state index < -0.39 is 0 Å². The number of anilines is 2. The fourth-order valence-corrected chi connectivity index (χ4v) is 3.07. The molecule has 0 aliphatic carbocycles. The fraction of sp³-hybridized carbons (Fsp3) is 0.350. The van der Waals surface area contributed by atoms with Crippen LogP contribution in [0.25, 0.3) is 0 Å². The van der Waals surface area contributed by atoms with Gasteiger partial charge in [0.1, 0.15) is 12.4 Å². The number of hydrogen-bond donors (Lipinski definition) is 1. The summed E-state index contributed by atoms with van der Waals surface area (Å²) in [5.41, 5.74) is 2.05. The van der Waals surface area contributed by atoms with Crippen LogP contribution >= 0.6 is 11.6 Å². The van der Waals surface area contributed by atoms with Gasteiger partial charge in [-0.3, -0.25) is 4.79 Å². The van der Waals surface area contributed by atoms with E-state index in [0.717, 1.165) is 18.8 Å². The second-order valence-corrected chi connectivity index (χ2v) is 6.49. The Hall–Kier alpha value is -2.28. The topological polar surface area (TPSA) is 60.0 Å². The summed E-state index contributed by atoms with van der Waals surface area (Å²) in [5.74, 6) is 0.266. The highest BCUT2D eigenvalue weighted by molar-refractivity contribution is 6.31. The SMILES string of the molecule is COCCOc1ccccc1C(=O)Nc1cc(Cl)ccc1N1CCOCC1. The number of hydrogen-bond acceptors (Lipinski definition) is 5. The molecule has 0 radical (unpaired) electrons. The van der Waals surface area contributed by atoms with Crippen molar-refractivity contribution in [2.24, 2.45) is 0 Å². The van der Waals surface area contributed by atoms with Crippen molar-refractivity contribution >= 4 is 28.9 Å². The summed E-state index contributed by atoms with van der Waals surface area (Å²) in [5, 5.41) is 3.54. The number of carbonyl (C=O) groups excluding carboxylic acids is 1. The van der Waals surface area contributed by atoms with Crippen molar-refractivity contribution in [3.63, 3.8) is 0 Å². The Morgan fingerprint density at radius 2 is 1.96 bits per heavy atom. The number of morpholine rings is 1. The first-order chi connectivity index (χ1) is 13.2. The van der Waals surface area contributed by atoms with Gasteiger partial charge < -0.3 is 24.4 Å². The van der Waals surface area contributed by atoms with Gasteiger partial charge in [0.25, 0.3) is 5.91 Å². The monoisotopic (exact) mass is 390 g/mol. The van der Waals surface area contributed by atoms with E-state index in [0.29, 0.717) is 48.5 Å². The van der Waals surface area contributed by atoms with Crippen LogP contribution in [0.4, 0.5) is 11.4 Å². The molecule has 1 aliphatic heterocycles. The van der Waals surface area contributed by atoms with Crippen molar-refractivity contribution in [2.45, 2.75) is 0 Å². The van der Waals surface area contributed by atoms with Gasteiger partial charge in [-0.2, -0.15) is 0 Å². The third-order valence-corrected chi connectivity index (χ3v) is 4.47. The fourth-order valence-electron chi connectivity index (χ4n) is 2.89. The van der Waals surface area contributed by atoms with E-state index >= 15 is 0 Å². The second kappa shape index (κ2) is 9.60. The number of ether oxygens (including phenoxy) is 3. The number of rotatable bonds is 7. The van der Waals surface area contributed by atoms with Crippen LogP contribution in [0.1, 0.15) is 10.4 Å². The predicted octanol–water partition coefficient (Wildman–Crippen LogP) is 3.45. The van der Waals surface area contributed by atoms with Crippen LogP contribution in [-0.4, -0.2) is 52.5 Å². The molecule has 3 rings (SSSR count). The number of carbonyl (C=O) groups is 1. The molecule has 0 saturated carbocycles. The molecule has 0 aromatic heterocycles. The van der Waals surface area contributed by atoms with Crippen molar-refractivity contribution in [3.8, 4) is 5.75 Å². The summed E-state index contributed by atoms with van der Waals surface area (Å²) in [6.07, 6.45) is 0. The minimum Gasteiger partial charge on any atom is -0.490 e. The highest BCUT2D eigenvalue weighted by atomic mass is 35.5. The first-order valence-corrected chi connectivity index (χ1v) is 9.21. The Kier molecular flexibility index (Phi) is 6.92. The van der Waals surface area contributed by atoms with E-state index in [1.807, 2.05) is 18.2 Å². The highest BCUT2D eigenvalue weighted by Gasteiger charge is 2.18. The number of nitrogens with one attached hydrogen (secondary N) is 1. The van der Waals surface area contributed by atoms with Crippen LogP contribution in [-0.2, 0) is 9.47 Å². The van der Waals surface area contributed by atoms with E-state index in [9.17, 15) is 4.79 Å². The van der Waals surface area contributed by atoms with Crippen LogP contribution in [0.15, 0.2) is 42.5 Å². The van der Waals surface area contributed by atoms with Gasteiger partial charge in [-0.05, 0) is 30.3 Å². The molecule has 1 N–H and O–H groups in total. The molecule has 7 heteroatoms. The predicted molar refractivity (Wildman–Crippen MR) is 106 cm³/mol. The number of amides is 1. The van der Waals surface area contributed by atoms with Gasteiger partial charge in [0.05, 0.1) is 36.8 Å². The molecule has 1 amide bonds. The Labute approximate surface area is 164 Å². The maximum atomic E-state index is 12.9. The van der Waals surface area contributed by atoms with E-state index in [2.05, 4.69) is 10.2 Å². The first kappa shape index (κ1) is 19.5. The summed E-state index contributed by atoms with van der Waals surface area (Å²) < 4.78 is 16.1. The summed E-state index contributed by atoms with van der Waals surface area (Å²) >= 11 is 6.17.